The molecular weight excluding hydrogens is 348 g/mol. The van der Waals surface area contributed by atoms with Gasteiger partial charge in [0, 0.05) is 25.6 Å². The van der Waals surface area contributed by atoms with Gasteiger partial charge in [-0.15, -0.1) is 0 Å². The third-order valence-corrected chi connectivity index (χ3v) is 8.16. The Hall–Kier alpha value is -1.84. The van der Waals surface area contributed by atoms with E-state index in [2.05, 4.69) is 12.2 Å². The van der Waals surface area contributed by atoms with Crippen molar-refractivity contribution in [2.75, 3.05) is 6.54 Å². The molecule has 1 aliphatic heterocycles. The van der Waals surface area contributed by atoms with Crippen LogP contribution in [0.2, 0.25) is 0 Å². The van der Waals surface area contributed by atoms with Crippen LogP contribution in [0.15, 0.2) is 30.3 Å². The lowest BCUT2D eigenvalue weighted by molar-refractivity contribution is -0.131. The number of rotatable bonds is 5. The molecule has 4 nitrogen and oxygen atoms in total. The fourth-order valence-corrected chi connectivity index (χ4v) is 7.10. The second-order valence-corrected chi connectivity index (χ2v) is 10.2. The lowest BCUT2D eigenvalue weighted by Gasteiger charge is -2.59. The smallest absolute Gasteiger partial charge is 0.225 e. The maximum atomic E-state index is 13.0. The Morgan fingerprint density at radius 3 is 2.32 bits per heavy atom. The quantitative estimate of drug-likeness (QED) is 0.846. The molecule has 1 aromatic rings. The third-order valence-electron chi connectivity index (χ3n) is 8.16. The number of hydrogen-bond donors (Lipinski definition) is 1. The minimum absolute atomic E-state index is 0.0900. The molecule has 1 aromatic carbocycles. The van der Waals surface area contributed by atoms with Gasteiger partial charge < -0.3 is 10.2 Å². The Kier molecular flexibility index (Phi) is 4.48. The summed E-state index contributed by atoms with van der Waals surface area (Å²) in [7, 11) is 0. The van der Waals surface area contributed by atoms with Crippen molar-refractivity contribution in [3.8, 4) is 0 Å². The van der Waals surface area contributed by atoms with Gasteiger partial charge in [0.25, 0.3) is 0 Å². The van der Waals surface area contributed by atoms with Crippen LogP contribution >= 0.6 is 0 Å². The van der Waals surface area contributed by atoms with Crippen molar-refractivity contribution in [1.82, 2.24) is 10.2 Å². The first-order valence-electron chi connectivity index (χ1n) is 11.1. The number of benzene rings is 1. The van der Waals surface area contributed by atoms with Crippen molar-refractivity contribution in [1.29, 1.82) is 0 Å². The first-order valence-corrected chi connectivity index (χ1v) is 11.1. The highest BCUT2D eigenvalue weighted by molar-refractivity contribution is 5.89. The summed E-state index contributed by atoms with van der Waals surface area (Å²) in [6, 6.07) is 10.3. The molecule has 1 N–H and O–H groups in total. The molecule has 4 heteroatoms. The van der Waals surface area contributed by atoms with E-state index in [1.54, 1.807) is 0 Å². The van der Waals surface area contributed by atoms with Crippen LogP contribution in [0, 0.1) is 29.1 Å². The van der Waals surface area contributed by atoms with Crippen LogP contribution in [-0.4, -0.2) is 29.3 Å². The van der Waals surface area contributed by atoms with E-state index in [9.17, 15) is 9.59 Å². The molecule has 0 aromatic heterocycles. The molecule has 1 heterocycles. The summed E-state index contributed by atoms with van der Waals surface area (Å²) in [5, 5.41) is 3.37. The fourth-order valence-electron chi connectivity index (χ4n) is 7.10. The van der Waals surface area contributed by atoms with Gasteiger partial charge in [-0.25, -0.2) is 0 Å². The van der Waals surface area contributed by atoms with Crippen LogP contribution in [0.5, 0.6) is 0 Å². The van der Waals surface area contributed by atoms with Crippen molar-refractivity contribution in [3.05, 3.63) is 35.9 Å². The predicted molar refractivity (Wildman–Crippen MR) is 108 cm³/mol. The largest absolute Gasteiger partial charge is 0.353 e. The van der Waals surface area contributed by atoms with E-state index in [1.807, 2.05) is 35.2 Å². The summed E-state index contributed by atoms with van der Waals surface area (Å²) in [6.45, 7) is 3.38. The van der Waals surface area contributed by atoms with E-state index in [-0.39, 0.29) is 23.8 Å². The summed E-state index contributed by atoms with van der Waals surface area (Å²) >= 11 is 0. The van der Waals surface area contributed by atoms with E-state index in [0.717, 1.165) is 23.3 Å². The van der Waals surface area contributed by atoms with Gasteiger partial charge in [-0.3, -0.25) is 9.59 Å². The van der Waals surface area contributed by atoms with Gasteiger partial charge in [-0.05, 0) is 74.2 Å². The zero-order valence-electron chi connectivity index (χ0n) is 16.9. The molecule has 0 spiro atoms. The number of nitrogens with one attached hydrogen (secondary N) is 1. The van der Waals surface area contributed by atoms with Crippen LogP contribution < -0.4 is 5.32 Å². The maximum absolute atomic E-state index is 13.0. The monoisotopic (exact) mass is 380 g/mol. The Morgan fingerprint density at radius 2 is 1.71 bits per heavy atom. The third kappa shape index (κ3) is 3.25. The molecule has 2 amide bonds. The van der Waals surface area contributed by atoms with Gasteiger partial charge in [0.2, 0.25) is 11.8 Å². The van der Waals surface area contributed by atoms with E-state index >= 15 is 0 Å². The highest BCUT2D eigenvalue weighted by atomic mass is 16.2. The molecule has 4 saturated carbocycles. The zero-order chi connectivity index (χ0) is 19.3. The lowest BCUT2D eigenvalue weighted by Crippen LogP contribution is -2.56. The molecule has 0 unspecified atom stereocenters. The zero-order valence-corrected chi connectivity index (χ0v) is 16.9. The van der Waals surface area contributed by atoms with Crippen LogP contribution in [-0.2, 0) is 16.1 Å². The summed E-state index contributed by atoms with van der Waals surface area (Å²) in [4.78, 5) is 27.3. The van der Waals surface area contributed by atoms with Crippen LogP contribution in [0.3, 0.4) is 0 Å². The van der Waals surface area contributed by atoms with Crippen LogP contribution in [0.1, 0.15) is 57.4 Å². The molecule has 28 heavy (non-hydrogen) atoms. The molecule has 1 saturated heterocycles. The fraction of sp³-hybridized carbons (Fsp3) is 0.667. The van der Waals surface area contributed by atoms with Gasteiger partial charge in [-0.1, -0.05) is 30.3 Å². The minimum Gasteiger partial charge on any atom is -0.353 e. The summed E-state index contributed by atoms with van der Waals surface area (Å²) in [5.41, 5.74) is 1.44. The maximum Gasteiger partial charge on any atom is 0.225 e. The van der Waals surface area contributed by atoms with Crippen molar-refractivity contribution >= 4 is 11.8 Å². The lowest BCUT2D eigenvalue weighted by atomic mass is 9.48. The standard InChI is InChI=1S/C24H32N2O2/c1-16(24-11-18-7-19(12-24)9-20(8-18)13-24)25-23(28)21-10-22(27)26(15-21)14-17-5-3-2-4-6-17/h2-6,16,18-21H,7-15H2,1H3,(H,25,28)/t16-,18?,19?,20?,21-,24?/m0/s1. The van der Waals surface area contributed by atoms with Crippen molar-refractivity contribution in [2.24, 2.45) is 29.1 Å². The van der Waals surface area contributed by atoms with Crippen molar-refractivity contribution in [3.63, 3.8) is 0 Å². The van der Waals surface area contributed by atoms with E-state index in [4.69, 9.17) is 0 Å². The average molecular weight is 381 g/mol. The number of hydrogen-bond acceptors (Lipinski definition) is 2. The van der Waals surface area contributed by atoms with E-state index in [1.165, 1.54) is 38.5 Å². The predicted octanol–water partition coefficient (Wildman–Crippen LogP) is 3.76. The van der Waals surface area contributed by atoms with E-state index in [0.29, 0.717) is 24.9 Å². The second kappa shape index (κ2) is 6.89. The molecule has 150 valence electrons. The van der Waals surface area contributed by atoms with Gasteiger partial charge in [0.05, 0.1) is 5.92 Å². The molecule has 5 fully saturated rings. The average Bonchev–Trinajstić information content (AvgIpc) is 3.02. The molecule has 4 aliphatic carbocycles. The van der Waals surface area contributed by atoms with Crippen molar-refractivity contribution in [2.45, 2.75) is 64.5 Å². The SMILES string of the molecule is C[C@H](NC(=O)[C@H]1CC(=O)N(Cc2ccccc2)C1)C12CC3CC(CC(C3)C1)C2. The van der Waals surface area contributed by atoms with Crippen LogP contribution in [0.4, 0.5) is 0 Å². The van der Waals surface area contributed by atoms with E-state index < -0.39 is 0 Å². The molecule has 6 rings (SSSR count). The van der Waals surface area contributed by atoms with Crippen LogP contribution in [0.25, 0.3) is 0 Å². The number of nitrogens with zero attached hydrogens (tertiary/aromatic N) is 1. The highest BCUT2D eigenvalue weighted by Crippen LogP contribution is 2.61. The Bertz CT molecular complexity index is 724. The van der Waals surface area contributed by atoms with Gasteiger partial charge >= 0.3 is 0 Å². The normalized spacial score (nSPS) is 37.3. The minimum atomic E-state index is -0.201. The number of carbonyl (C=O) groups excluding carboxylic acids is 2. The number of carbonyl (C=O) groups is 2. The first-order chi connectivity index (χ1) is 13.5. The van der Waals surface area contributed by atoms with Gasteiger partial charge in [0.1, 0.15) is 0 Å². The Balaban J connectivity index is 1.21. The topological polar surface area (TPSA) is 49.4 Å². The molecule has 0 radical (unpaired) electrons. The molecule has 5 aliphatic rings. The summed E-state index contributed by atoms with van der Waals surface area (Å²) < 4.78 is 0. The van der Waals surface area contributed by atoms with Gasteiger partial charge in [-0.2, -0.15) is 0 Å². The highest BCUT2D eigenvalue weighted by Gasteiger charge is 2.53. The van der Waals surface area contributed by atoms with Crippen molar-refractivity contribution < 1.29 is 9.59 Å². The number of likely N-dealkylation sites (tertiary alicyclic amines) is 1. The molecule has 4 bridgehead atoms. The Labute approximate surface area is 168 Å². The second-order valence-electron chi connectivity index (χ2n) is 10.2. The summed E-state index contributed by atoms with van der Waals surface area (Å²) in [6.07, 6.45) is 8.51. The van der Waals surface area contributed by atoms with Gasteiger partial charge in [0.15, 0.2) is 0 Å². The number of amides is 2. The molecular formula is C24H32N2O2. The first kappa shape index (κ1) is 18.2. The molecule has 2 atom stereocenters. The summed E-state index contributed by atoms with van der Waals surface area (Å²) in [5.74, 6) is 2.66. The Morgan fingerprint density at radius 1 is 1.11 bits per heavy atom.